The average Bonchev–Trinajstić information content (AvgIpc) is 3.22. The highest BCUT2D eigenvalue weighted by Crippen LogP contribution is 2.31. The molecule has 0 spiro atoms. The normalized spacial score (nSPS) is 10.8. The number of halogens is 1. The number of nitrogens with two attached hydrogens (primary N) is 1. The lowest BCUT2D eigenvalue weighted by atomic mass is 10.1. The molecule has 10 heteroatoms. The summed E-state index contributed by atoms with van der Waals surface area (Å²) in [5, 5.41) is 19.9. The third-order valence-electron chi connectivity index (χ3n) is 4.67. The van der Waals surface area contributed by atoms with E-state index in [0.717, 1.165) is 5.56 Å². The van der Waals surface area contributed by atoms with Crippen molar-refractivity contribution in [2.45, 2.75) is 10.9 Å². The number of non-ortho nitro benzene ring substituents is 1. The molecule has 0 radical (unpaired) electrons. The molecule has 0 saturated heterocycles. The maximum absolute atomic E-state index is 14.7. The Balaban J connectivity index is 1.70. The Morgan fingerprint density at radius 2 is 1.72 bits per heavy atom. The number of primary amides is 1. The largest absolute Gasteiger partial charge is 0.366 e. The first-order valence-electron chi connectivity index (χ1n) is 9.41. The molecule has 32 heavy (non-hydrogen) atoms. The molecule has 0 aliphatic heterocycles. The fourth-order valence-corrected chi connectivity index (χ4v) is 3.95. The fourth-order valence-electron chi connectivity index (χ4n) is 3.05. The molecule has 1 heterocycles. The van der Waals surface area contributed by atoms with Crippen LogP contribution in [0.3, 0.4) is 0 Å². The van der Waals surface area contributed by atoms with Gasteiger partial charge in [0.15, 0.2) is 11.0 Å². The van der Waals surface area contributed by atoms with Gasteiger partial charge in [-0.05, 0) is 42.0 Å². The number of nitro groups is 1. The molecule has 1 aromatic heterocycles. The first kappa shape index (κ1) is 21.2. The molecule has 0 saturated carbocycles. The quantitative estimate of drug-likeness (QED) is 0.254. The van der Waals surface area contributed by atoms with Gasteiger partial charge in [0.25, 0.3) is 5.69 Å². The van der Waals surface area contributed by atoms with E-state index in [-0.39, 0.29) is 11.4 Å². The number of nitro benzene ring substituents is 1. The van der Waals surface area contributed by atoms with Crippen molar-refractivity contribution in [1.82, 2.24) is 14.8 Å². The van der Waals surface area contributed by atoms with E-state index in [9.17, 15) is 19.3 Å². The van der Waals surface area contributed by atoms with Crippen molar-refractivity contribution in [3.05, 3.63) is 99.9 Å². The van der Waals surface area contributed by atoms with E-state index in [2.05, 4.69) is 10.2 Å². The zero-order chi connectivity index (χ0) is 22.7. The molecule has 4 rings (SSSR count). The number of carbonyl (C=O) groups excluding carboxylic acids is 1. The van der Waals surface area contributed by atoms with Gasteiger partial charge in [0, 0.05) is 29.0 Å². The molecule has 2 N–H and O–H groups in total. The number of benzene rings is 3. The lowest BCUT2D eigenvalue weighted by molar-refractivity contribution is -0.384. The summed E-state index contributed by atoms with van der Waals surface area (Å²) >= 11 is 1.34. The fraction of sp³-hybridized carbons (Fsp3) is 0.0455. The van der Waals surface area contributed by atoms with Crippen LogP contribution < -0.4 is 5.73 Å². The minimum atomic E-state index is -0.503. The summed E-state index contributed by atoms with van der Waals surface area (Å²) in [6.45, 7) is 0. The molecule has 1 amide bonds. The SMILES string of the molecule is NC(=O)c1ccc(CSc2nnc(-c3ccc([N+](=O)[O-])cc3)n2-c2ccccc2F)cc1. The number of hydrogen-bond acceptors (Lipinski definition) is 6. The first-order chi connectivity index (χ1) is 15.4. The van der Waals surface area contributed by atoms with Crippen LogP contribution >= 0.6 is 11.8 Å². The minimum Gasteiger partial charge on any atom is -0.366 e. The number of nitrogens with zero attached hydrogens (tertiary/aromatic N) is 4. The van der Waals surface area contributed by atoms with Crippen LogP contribution in [0.25, 0.3) is 17.1 Å². The Labute approximate surface area is 186 Å². The second-order valence-electron chi connectivity index (χ2n) is 6.75. The van der Waals surface area contributed by atoms with Gasteiger partial charge in [-0.1, -0.05) is 36.0 Å². The highest BCUT2D eigenvalue weighted by Gasteiger charge is 2.19. The maximum atomic E-state index is 14.7. The third kappa shape index (κ3) is 4.35. The number of carbonyl (C=O) groups is 1. The van der Waals surface area contributed by atoms with Gasteiger partial charge in [0.2, 0.25) is 5.91 Å². The Bertz CT molecular complexity index is 1290. The summed E-state index contributed by atoms with van der Waals surface area (Å²) in [4.78, 5) is 21.7. The zero-order valence-corrected chi connectivity index (χ0v) is 17.3. The van der Waals surface area contributed by atoms with E-state index in [4.69, 9.17) is 5.73 Å². The molecule has 160 valence electrons. The number of aromatic nitrogens is 3. The molecule has 0 atom stereocenters. The summed E-state index contributed by atoms with van der Waals surface area (Å²) in [6.07, 6.45) is 0. The van der Waals surface area contributed by atoms with Gasteiger partial charge >= 0.3 is 0 Å². The molecule has 0 aliphatic rings. The first-order valence-corrected chi connectivity index (χ1v) is 10.4. The Morgan fingerprint density at radius 3 is 2.34 bits per heavy atom. The maximum Gasteiger partial charge on any atom is 0.269 e. The molecule has 0 aliphatic carbocycles. The predicted octanol–water partition coefficient (Wildman–Crippen LogP) is 4.37. The summed E-state index contributed by atoms with van der Waals surface area (Å²) in [7, 11) is 0. The Morgan fingerprint density at radius 1 is 1.03 bits per heavy atom. The van der Waals surface area contributed by atoms with Crippen LogP contribution in [0, 0.1) is 15.9 Å². The standard InChI is InChI=1S/C22H16FN5O3S/c23-18-3-1-2-4-19(18)27-21(16-9-11-17(12-10-16)28(30)31)25-26-22(27)32-13-14-5-7-15(8-6-14)20(24)29/h1-12H,13H2,(H2,24,29). The van der Waals surface area contributed by atoms with Gasteiger partial charge < -0.3 is 5.73 Å². The third-order valence-corrected chi connectivity index (χ3v) is 5.67. The summed E-state index contributed by atoms with van der Waals surface area (Å²) in [5.74, 6) is -0.109. The summed E-state index contributed by atoms with van der Waals surface area (Å²) in [5.41, 5.74) is 7.37. The topological polar surface area (TPSA) is 117 Å². The van der Waals surface area contributed by atoms with Gasteiger partial charge in [-0.25, -0.2) is 4.39 Å². The average molecular weight is 449 g/mol. The number of thioether (sulfide) groups is 1. The monoisotopic (exact) mass is 449 g/mol. The van der Waals surface area contributed by atoms with Crippen LogP contribution in [0.4, 0.5) is 10.1 Å². The Kier molecular flexibility index (Phi) is 5.95. The predicted molar refractivity (Wildman–Crippen MR) is 118 cm³/mol. The molecule has 0 unspecified atom stereocenters. The van der Waals surface area contributed by atoms with Crippen LogP contribution in [0.5, 0.6) is 0 Å². The van der Waals surface area contributed by atoms with Crippen molar-refractivity contribution in [1.29, 1.82) is 0 Å². The lowest BCUT2D eigenvalue weighted by Crippen LogP contribution is -2.10. The molecule has 0 bridgehead atoms. The number of amides is 1. The van der Waals surface area contributed by atoms with Crippen LogP contribution in [-0.2, 0) is 5.75 Å². The van der Waals surface area contributed by atoms with Crippen molar-refractivity contribution >= 4 is 23.4 Å². The van der Waals surface area contributed by atoms with Gasteiger partial charge in [0.05, 0.1) is 10.6 Å². The highest BCUT2D eigenvalue weighted by atomic mass is 32.2. The smallest absolute Gasteiger partial charge is 0.269 e. The van der Waals surface area contributed by atoms with E-state index in [0.29, 0.717) is 27.9 Å². The van der Waals surface area contributed by atoms with Crippen LogP contribution in [0.2, 0.25) is 0 Å². The van der Waals surface area contributed by atoms with E-state index >= 15 is 0 Å². The Hall–Kier alpha value is -4.05. The van der Waals surface area contributed by atoms with E-state index in [1.54, 1.807) is 59.2 Å². The van der Waals surface area contributed by atoms with Gasteiger partial charge in [-0.3, -0.25) is 19.5 Å². The molecular formula is C22H16FN5O3S. The molecule has 8 nitrogen and oxygen atoms in total. The highest BCUT2D eigenvalue weighted by molar-refractivity contribution is 7.98. The molecule has 0 fully saturated rings. The summed E-state index contributed by atoms with van der Waals surface area (Å²) in [6, 6.07) is 18.9. The lowest BCUT2D eigenvalue weighted by Gasteiger charge is -2.11. The van der Waals surface area contributed by atoms with Gasteiger partial charge in [-0.15, -0.1) is 10.2 Å². The van der Waals surface area contributed by atoms with Crippen molar-refractivity contribution in [2.75, 3.05) is 0 Å². The minimum absolute atomic E-state index is 0.0558. The van der Waals surface area contributed by atoms with Crippen molar-refractivity contribution in [3.8, 4) is 17.1 Å². The number of rotatable bonds is 7. The zero-order valence-electron chi connectivity index (χ0n) is 16.5. The second kappa shape index (κ2) is 8.98. The van der Waals surface area contributed by atoms with Crippen molar-refractivity contribution in [3.63, 3.8) is 0 Å². The molecular weight excluding hydrogens is 433 g/mol. The van der Waals surface area contributed by atoms with E-state index < -0.39 is 16.6 Å². The van der Waals surface area contributed by atoms with Crippen molar-refractivity contribution in [2.24, 2.45) is 5.73 Å². The van der Waals surface area contributed by atoms with Crippen LogP contribution in [-0.4, -0.2) is 25.6 Å². The van der Waals surface area contributed by atoms with Crippen LogP contribution in [0.15, 0.2) is 78.0 Å². The second-order valence-corrected chi connectivity index (χ2v) is 7.69. The van der Waals surface area contributed by atoms with Gasteiger partial charge in [-0.2, -0.15) is 0 Å². The summed E-state index contributed by atoms with van der Waals surface area (Å²) < 4.78 is 16.2. The van der Waals surface area contributed by atoms with E-state index in [1.165, 1.54) is 30.0 Å². The molecule has 4 aromatic rings. The van der Waals surface area contributed by atoms with Gasteiger partial charge in [0.1, 0.15) is 5.82 Å². The number of hydrogen-bond donors (Lipinski definition) is 1. The van der Waals surface area contributed by atoms with Crippen molar-refractivity contribution < 1.29 is 14.1 Å². The number of para-hydroxylation sites is 1. The van der Waals surface area contributed by atoms with E-state index in [1.807, 2.05) is 0 Å². The van der Waals surface area contributed by atoms with Crippen LogP contribution in [0.1, 0.15) is 15.9 Å². The molecule has 3 aromatic carbocycles.